The van der Waals surface area contributed by atoms with Crippen LogP contribution in [0.25, 0.3) is 16.9 Å². The maximum atomic E-state index is 14.6. The average Bonchev–Trinajstić information content (AvgIpc) is 3.44. The van der Waals surface area contributed by atoms with Gasteiger partial charge in [-0.1, -0.05) is 6.07 Å². The predicted molar refractivity (Wildman–Crippen MR) is 109 cm³/mol. The highest BCUT2D eigenvalue weighted by Crippen LogP contribution is 2.56. The largest absolute Gasteiger partial charge is 0.480 e. The number of benzene rings is 1. The van der Waals surface area contributed by atoms with Crippen molar-refractivity contribution in [2.75, 3.05) is 14.2 Å². The first-order valence-corrected chi connectivity index (χ1v) is 9.96. The molecule has 0 N–H and O–H groups in total. The van der Waals surface area contributed by atoms with Crippen molar-refractivity contribution in [3.05, 3.63) is 65.4 Å². The van der Waals surface area contributed by atoms with Crippen molar-refractivity contribution in [3.8, 4) is 23.1 Å². The predicted octanol–water partition coefficient (Wildman–Crippen LogP) is 4.63. The molecule has 3 aromatic heterocycles. The smallest absolute Gasteiger partial charge is 0.416 e. The normalized spacial score (nSPS) is 17.9. The van der Waals surface area contributed by atoms with E-state index in [-0.39, 0.29) is 29.3 Å². The van der Waals surface area contributed by atoms with Crippen LogP contribution < -0.4 is 9.47 Å². The first-order chi connectivity index (χ1) is 15.8. The molecular weight excluding hydrogens is 442 g/mol. The van der Waals surface area contributed by atoms with Crippen molar-refractivity contribution in [2.45, 2.75) is 24.4 Å². The van der Waals surface area contributed by atoms with E-state index in [9.17, 15) is 17.6 Å². The SMILES string of the molecule is COc1ncc(-c2cc(C3CC3c3ccc(C(F)(F)F)cc3F)c3nccn3n2)c(OC)n1. The van der Waals surface area contributed by atoms with Gasteiger partial charge in [-0.2, -0.15) is 23.3 Å². The second-order valence-corrected chi connectivity index (χ2v) is 7.64. The molecule has 0 saturated heterocycles. The summed E-state index contributed by atoms with van der Waals surface area (Å²) in [5.74, 6) is -0.998. The zero-order valence-electron chi connectivity index (χ0n) is 17.5. The number of hydrogen-bond donors (Lipinski definition) is 0. The fourth-order valence-corrected chi connectivity index (χ4v) is 4.01. The number of alkyl halides is 3. The van der Waals surface area contributed by atoms with Crippen LogP contribution in [0.1, 0.15) is 34.9 Å². The van der Waals surface area contributed by atoms with E-state index in [0.717, 1.165) is 11.6 Å². The van der Waals surface area contributed by atoms with E-state index < -0.39 is 17.6 Å². The molecule has 7 nitrogen and oxygen atoms in total. The molecule has 2 unspecified atom stereocenters. The van der Waals surface area contributed by atoms with Crippen LogP contribution in [-0.2, 0) is 6.18 Å². The average molecular weight is 459 g/mol. The van der Waals surface area contributed by atoms with Gasteiger partial charge in [0.25, 0.3) is 0 Å². The summed E-state index contributed by atoms with van der Waals surface area (Å²) in [6.07, 6.45) is 0.774. The number of methoxy groups -OCH3 is 2. The minimum Gasteiger partial charge on any atom is -0.480 e. The fourth-order valence-electron chi connectivity index (χ4n) is 4.01. The van der Waals surface area contributed by atoms with Gasteiger partial charge in [0.1, 0.15) is 5.82 Å². The maximum absolute atomic E-state index is 14.6. The summed E-state index contributed by atoms with van der Waals surface area (Å²) >= 11 is 0. The summed E-state index contributed by atoms with van der Waals surface area (Å²) < 4.78 is 65.2. The number of rotatable bonds is 5. The molecule has 1 saturated carbocycles. The Hall–Kier alpha value is -3.76. The monoisotopic (exact) mass is 459 g/mol. The van der Waals surface area contributed by atoms with Crippen LogP contribution in [0.5, 0.6) is 11.9 Å². The summed E-state index contributed by atoms with van der Waals surface area (Å²) in [5, 5.41) is 4.55. The Bertz CT molecular complexity index is 1350. The molecule has 5 rings (SSSR count). The summed E-state index contributed by atoms with van der Waals surface area (Å²) in [5.41, 5.74) is 1.66. The van der Waals surface area contributed by atoms with E-state index >= 15 is 0 Å². The lowest BCUT2D eigenvalue weighted by Crippen LogP contribution is -2.06. The van der Waals surface area contributed by atoms with Crippen molar-refractivity contribution in [2.24, 2.45) is 0 Å². The van der Waals surface area contributed by atoms with Crippen LogP contribution in [0.3, 0.4) is 0 Å². The molecule has 170 valence electrons. The highest BCUT2D eigenvalue weighted by atomic mass is 19.4. The van der Waals surface area contributed by atoms with Gasteiger partial charge in [-0.3, -0.25) is 0 Å². The molecule has 0 bridgehead atoms. The van der Waals surface area contributed by atoms with Crippen molar-refractivity contribution in [1.29, 1.82) is 0 Å². The molecule has 33 heavy (non-hydrogen) atoms. The van der Waals surface area contributed by atoms with Crippen molar-refractivity contribution < 1.29 is 27.0 Å². The molecule has 4 aromatic rings. The molecule has 1 aliphatic carbocycles. The molecule has 1 fully saturated rings. The maximum Gasteiger partial charge on any atom is 0.416 e. The van der Waals surface area contributed by atoms with Crippen LogP contribution in [0, 0.1) is 5.82 Å². The number of hydrogen-bond acceptors (Lipinski definition) is 6. The van der Waals surface area contributed by atoms with Crippen LogP contribution in [0.15, 0.2) is 42.9 Å². The Morgan fingerprint density at radius 2 is 1.82 bits per heavy atom. The van der Waals surface area contributed by atoms with Gasteiger partial charge < -0.3 is 9.47 Å². The molecule has 0 aliphatic heterocycles. The highest BCUT2D eigenvalue weighted by Gasteiger charge is 2.43. The summed E-state index contributed by atoms with van der Waals surface area (Å²) in [6, 6.07) is 4.63. The lowest BCUT2D eigenvalue weighted by molar-refractivity contribution is -0.137. The molecule has 3 heterocycles. The fraction of sp³-hybridized carbons (Fsp3) is 0.273. The number of nitrogens with zero attached hydrogens (tertiary/aromatic N) is 5. The summed E-state index contributed by atoms with van der Waals surface area (Å²) in [4.78, 5) is 12.7. The van der Waals surface area contributed by atoms with E-state index in [1.807, 2.05) is 6.07 Å². The third kappa shape index (κ3) is 3.73. The number of fused-ring (bicyclic) bond motifs is 1. The van der Waals surface area contributed by atoms with Gasteiger partial charge in [0.2, 0.25) is 5.88 Å². The van der Waals surface area contributed by atoms with E-state index in [4.69, 9.17) is 9.47 Å². The Balaban J connectivity index is 1.54. The van der Waals surface area contributed by atoms with Gasteiger partial charge in [0.05, 0.1) is 31.0 Å². The molecule has 0 spiro atoms. The lowest BCUT2D eigenvalue weighted by atomic mass is 10.0. The Labute approximate surface area is 185 Å². The molecule has 1 aromatic carbocycles. The van der Waals surface area contributed by atoms with E-state index in [2.05, 4.69) is 20.1 Å². The third-order valence-electron chi connectivity index (χ3n) is 5.69. The quantitative estimate of drug-likeness (QED) is 0.405. The van der Waals surface area contributed by atoms with Gasteiger partial charge >= 0.3 is 12.2 Å². The molecule has 0 amide bonds. The van der Waals surface area contributed by atoms with Gasteiger partial charge in [0.15, 0.2) is 5.65 Å². The standard InChI is InChI=1S/C22H17F4N5O2/c1-32-20-16(10-28-21(29-20)33-2)18-9-15(19-27-5-6-31(19)30-18)14-8-13(14)12-4-3-11(7-17(12)23)22(24,25)26/h3-7,9-10,13-14H,8H2,1-2H3. The van der Waals surface area contributed by atoms with Crippen molar-refractivity contribution in [3.63, 3.8) is 0 Å². The molecule has 11 heteroatoms. The summed E-state index contributed by atoms with van der Waals surface area (Å²) in [7, 11) is 2.90. The number of imidazole rings is 1. The minimum atomic E-state index is -4.59. The van der Waals surface area contributed by atoms with Crippen molar-refractivity contribution in [1.82, 2.24) is 24.6 Å². The van der Waals surface area contributed by atoms with Gasteiger partial charge in [-0.25, -0.2) is 18.9 Å². The van der Waals surface area contributed by atoms with Gasteiger partial charge in [-0.05, 0) is 42.0 Å². The first-order valence-electron chi connectivity index (χ1n) is 9.96. The summed E-state index contributed by atoms with van der Waals surface area (Å²) in [6.45, 7) is 0. The topological polar surface area (TPSA) is 74.4 Å². The first kappa shape index (κ1) is 21.1. The highest BCUT2D eigenvalue weighted by molar-refractivity contribution is 5.68. The second-order valence-electron chi connectivity index (χ2n) is 7.64. The number of aromatic nitrogens is 5. The van der Waals surface area contributed by atoms with Crippen LogP contribution in [-0.4, -0.2) is 38.8 Å². The zero-order chi connectivity index (χ0) is 23.3. The van der Waals surface area contributed by atoms with E-state index in [1.165, 1.54) is 26.5 Å². The van der Waals surface area contributed by atoms with Gasteiger partial charge in [-0.15, -0.1) is 0 Å². The Morgan fingerprint density at radius 1 is 1.03 bits per heavy atom. The van der Waals surface area contributed by atoms with Crippen LogP contribution in [0.4, 0.5) is 17.6 Å². The van der Waals surface area contributed by atoms with Crippen LogP contribution >= 0.6 is 0 Å². The minimum absolute atomic E-state index is 0.131. The van der Waals surface area contributed by atoms with Crippen LogP contribution in [0.2, 0.25) is 0 Å². The molecule has 0 radical (unpaired) electrons. The number of halogens is 4. The zero-order valence-corrected chi connectivity index (χ0v) is 17.5. The molecule has 1 aliphatic rings. The van der Waals surface area contributed by atoms with E-state index in [0.29, 0.717) is 29.4 Å². The molecular formula is C22H17F4N5O2. The Kier molecular flexibility index (Phi) is 4.91. The van der Waals surface area contributed by atoms with E-state index in [1.54, 1.807) is 16.9 Å². The number of ether oxygens (including phenoxy) is 2. The lowest BCUT2D eigenvalue weighted by Gasteiger charge is -2.11. The van der Waals surface area contributed by atoms with Gasteiger partial charge in [0, 0.05) is 24.2 Å². The Morgan fingerprint density at radius 3 is 2.52 bits per heavy atom. The third-order valence-corrected chi connectivity index (χ3v) is 5.69. The van der Waals surface area contributed by atoms with Crippen molar-refractivity contribution >= 4 is 5.65 Å². The second kappa shape index (κ2) is 7.68. The molecule has 2 atom stereocenters.